The standard InChI is InChI=1S/C22H33FO8S.C18H29BO7S.C16H24FNO6S.C12H17BrO5S.C12H17BrO3S.C12H18O6S.C7H6BrClS/c1-22(2,3)31-21(24)11-6-17(12-23)13-29-18-7-9-20(10-8-18)32(25,26)16-30-19(14-27-4)15-28-5;1-17(2)18(3,4)26-19(25-17)14-7-9-16(10-8-14)27(20,21)13-24-15(11-22-5)12-23-6;1-21-10-15(11-22-2)24-12-25(19,20)16-5-3-14(4-6-16)23-9-13(7-17)8-18;1-16-7-11(8-17-2)18-9-19(14,15)12-5-3-10(13)4-6-12;1-14-7-11(8-15-2)16-9-17-12-5-3-10(13)4-6-12;1-16-7-11(8-17-2)18-9-19(14,15)12-5-3-10(13)4-6-12;8-6-1-3-7(4-2-6)10-5-9/h7-10,12,19H,6,11,13-16H2,1-5H3;7-10,15H,11-13H2,1-6H3;3-7,15H,8-12,18H2,1-2H3;3-6,11H,7-9H2,1-2H3;3-6,11H,7-9H2,1-2H3;3-6,11,13H,7-9H2,1-2H3;1-4H,5H2/b17-12+;;13-7+;;;;. The Bertz CT molecular complexity index is 5340. The van der Waals surface area contributed by atoms with Crippen molar-refractivity contribution < 1.29 is 170 Å². The Morgan fingerprint density at radius 1 is 0.389 bits per heavy atom. The number of benzene rings is 7. The zero-order valence-electron chi connectivity index (χ0n) is 87.4. The van der Waals surface area contributed by atoms with Crippen LogP contribution in [-0.4, -0.2) is 339 Å². The van der Waals surface area contributed by atoms with Crippen LogP contribution in [0.1, 0.15) is 61.3 Å². The van der Waals surface area contributed by atoms with Crippen LogP contribution >= 0.6 is 82.9 Å². The minimum atomic E-state index is -3.69. The first kappa shape index (κ1) is 139. The summed E-state index contributed by atoms with van der Waals surface area (Å²) >= 11 is 18.8. The molecule has 7 aromatic rings. The van der Waals surface area contributed by atoms with Gasteiger partial charge in [-0.2, -0.15) is 0 Å². The molecule has 8 rings (SSSR count). The molecule has 50 heteroatoms. The van der Waals surface area contributed by atoms with Crippen molar-refractivity contribution in [1.82, 2.24) is 0 Å². The molecule has 0 radical (unpaired) electrons. The molecule has 842 valence electrons. The Morgan fingerprint density at radius 2 is 0.638 bits per heavy atom. The monoisotopic (exact) mass is 2450 g/mol. The summed E-state index contributed by atoms with van der Waals surface area (Å²) < 4.78 is 271. The average molecular weight is 2460 g/mol. The van der Waals surface area contributed by atoms with Gasteiger partial charge in [-0.25, -0.2) is 50.9 Å². The van der Waals surface area contributed by atoms with Crippen molar-refractivity contribution in [2.75, 3.05) is 225 Å². The van der Waals surface area contributed by atoms with Gasteiger partial charge in [-0.3, -0.25) is 4.79 Å². The van der Waals surface area contributed by atoms with Gasteiger partial charge < -0.3 is 120 Å². The molecule has 36 nitrogen and oxygen atoms in total. The van der Waals surface area contributed by atoms with E-state index in [9.17, 15) is 55.7 Å². The molecule has 1 aliphatic heterocycles. The number of alkyl halides is 1. The fraction of sp³-hybridized carbons (Fsp3) is 0.525. The van der Waals surface area contributed by atoms with Gasteiger partial charge in [-0.15, -0.1) is 23.4 Å². The highest BCUT2D eigenvalue weighted by Crippen LogP contribution is 2.37. The van der Waals surface area contributed by atoms with Gasteiger partial charge in [0.1, 0.15) is 72.7 Å². The number of hydrogen-bond acceptors (Lipinski definition) is 38. The maximum atomic E-state index is 13.1. The number of thioether (sulfide) groups is 2. The van der Waals surface area contributed by atoms with Gasteiger partial charge in [-0.05, 0) is 224 Å². The third-order valence-corrected chi connectivity index (χ3v) is 30.6. The molecule has 1 saturated heterocycles. The molecule has 0 saturated carbocycles. The number of rotatable bonds is 61. The van der Waals surface area contributed by atoms with E-state index in [0.29, 0.717) is 54.1 Å². The third-order valence-electron chi connectivity index (χ3n) is 19.9. The molecule has 0 aliphatic carbocycles. The maximum absolute atomic E-state index is 13.1. The molecule has 3 N–H and O–H groups in total. The SMILES string of the molecule is COCC(COC)OCS(=O)(=O)c1ccc(B2OC(C)(C)C(C)(C)O2)cc1.COCC(COC)OCS(=O)(=O)c1ccc(Br)cc1.COCC(COC)OCS(=O)(=O)c1ccc(O)cc1.COCC(COC)OCS(=O)(=O)c1ccc(OC/C(=C/F)CCC(=O)OC(C)(C)C)cc1.COCC(COC)OCS(=O)(=O)c1ccc(OC/C(=C/F)CN)cc1.COCC(COC)OCSc1ccc(Br)cc1.ClCSc1ccc(Br)cc1. The molecule has 1 fully saturated rings. The van der Waals surface area contributed by atoms with Crippen molar-refractivity contribution in [3.63, 3.8) is 0 Å². The van der Waals surface area contributed by atoms with Gasteiger partial charge in [0.05, 0.1) is 139 Å². The molecule has 0 spiro atoms. The van der Waals surface area contributed by atoms with E-state index in [2.05, 4.69) is 59.9 Å². The summed E-state index contributed by atoms with van der Waals surface area (Å²) in [7, 11) is -0.0861. The predicted octanol–water partition coefficient (Wildman–Crippen LogP) is 15.7. The van der Waals surface area contributed by atoms with E-state index in [1.54, 1.807) is 94.9 Å². The maximum Gasteiger partial charge on any atom is 0.494 e. The van der Waals surface area contributed by atoms with Crippen molar-refractivity contribution in [1.29, 1.82) is 0 Å². The normalized spacial score (nSPS) is 13.3. The number of carbonyl (C=O) groups excluding carboxylic acids is 1. The highest BCUT2D eigenvalue weighted by molar-refractivity contribution is 9.11. The molecule has 149 heavy (non-hydrogen) atoms. The summed E-state index contributed by atoms with van der Waals surface area (Å²) in [6, 6.07) is 45.9. The molecule has 0 aromatic heterocycles. The Morgan fingerprint density at radius 3 is 0.899 bits per heavy atom. The van der Waals surface area contributed by atoms with Crippen LogP contribution in [0.4, 0.5) is 8.78 Å². The number of carbonyl (C=O) groups is 1. The molecule has 1 aliphatic rings. The van der Waals surface area contributed by atoms with Crippen LogP contribution in [0, 0.1) is 0 Å². The Labute approximate surface area is 917 Å². The number of esters is 1. The van der Waals surface area contributed by atoms with E-state index in [4.69, 9.17) is 131 Å². The second kappa shape index (κ2) is 75.9. The summed E-state index contributed by atoms with van der Waals surface area (Å²) in [5.74, 6) is -1.37. The van der Waals surface area contributed by atoms with Crippen molar-refractivity contribution in [2.24, 2.45) is 5.73 Å². The van der Waals surface area contributed by atoms with E-state index in [0.717, 1.165) is 18.9 Å². The zero-order valence-corrected chi connectivity index (χ0v) is 98.6. The Kier molecular flexibility index (Phi) is 70.9. The predicted molar refractivity (Wildman–Crippen MR) is 578 cm³/mol. The van der Waals surface area contributed by atoms with Crippen molar-refractivity contribution in [3.05, 3.63) is 207 Å². The van der Waals surface area contributed by atoms with E-state index in [1.165, 1.54) is 166 Å². The van der Waals surface area contributed by atoms with Gasteiger partial charge in [0.25, 0.3) is 0 Å². The second-order valence-electron chi connectivity index (χ2n) is 33.7. The van der Waals surface area contributed by atoms with Gasteiger partial charge in [-0.1, -0.05) is 71.7 Å². The van der Waals surface area contributed by atoms with Gasteiger partial charge in [0.2, 0.25) is 49.2 Å². The molecule has 0 atom stereocenters. The van der Waals surface area contributed by atoms with Crippen LogP contribution in [0.25, 0.3) is 0 Å². The molecule has 0 bridgehead atoms. The molecule has 0 amide bonds. The van der Waals surface area contributed by atoms with Crippen molar-refractivity contribution >= 4 is 151 Å². The fourth-order valence-electron chi connectivity index (χ4n) is 11.6. The lowest BCUT2D eigenvalue weighted by molar-refractivity contribution is -0.154. The summed E-state index contributed by atoms with van der Waals surface area (Å²) in [4.78, 5) is 14.8. The van der Waals surface area contributed by atoms with E-state index < -0.39 is 139 Å². The van der Waals surface area contributed by atoms with Crippen LogP contribution in [-0.2, 0) is 153 Å². The summed E-state index contributed by atoms with van der Waals surface area (Å²) in [6.07, 6.45) is -1.30. The quantitative estimate of drug-likeness (QED) is 0.0117. The molecular formula is C99H144BBr3ClF2NO35S7. The number of nitrogens with two attached hydrogens (primary N) is 1. The van der Waals surface area contributed by atoms with E-state index in [1.807, 2.05) is 64.1 Å². The first-order valence-electron chi connectivity index (χ1n) is 45.5. The number of phenols is 1. The number of methoxy groups -OCH3 is 12. The molecular weight excluding hydrogens is 2310 g/mol. The van der Waals surface area contributed by atoms with E-state index >= 15 is 0 Å². The second-order valence-corrected chi connectivity index (χ2v) is 48.8. The number of sulfone groups is 5. The summed E-state index contributed by atoms with van der Waals surface area (Å²) in [6.45, 7) is 16.6. The number of halogens is 6. The topological polar surface area (TPSA) is 446 Å². The lowest BCUT2D eigenvalue weighted by Gasteiger charge is -2.32. The van der Waals surface area contributed by atoms with Gasteiger partial charge >= 0.3 is 13.1 Å². The number of phenolic OH excluding ortho intramolecular Hbond substituents is 1. The van der Waals surface area contributed by atoms with Crippen LogP contribution in [0.15, 0.2) is 241 Å². The number of ether oxygens (including phenoxy) is 21. The Hall–Kier alpha value is -5.85. The van der Waals surface area contributed by atoms with Gasteiger partial charge in [0, 0.05) is 127 Å². The van der Waals surface area contributed by atoms with Crippen LogP contribution in [0.2, 0.25) is 0 Å². The largest absolute Gasteiger partial charge is 0.508 e. The van der Waals surface area contributed by atoms with Crippen molar-refractivity contribution in [3.8, 4) is 17.2 Å². The minimum absolute atomic E-state index is 0.00206. The lowest BCUT2D eigenvalue weighted by atomic mass is 9.79. The highest BCUT2D eigenvalue weighted by atomic mass is 79.9. The number of aromatic hydroxyl groups is 1. The summed E-state index contributed by atoms with van der Waals surface area (Å²) in [5, 5.41) is 9.73. The first-order valence-corrected chi connectivity index (χ1v) is 58.7. The lowest BCUT2D eigenvalue weighted by Crippen LogP contribution is -2.41. The van der Waals surface area contributed by atoms with Crippen LogP contribution < -0.4 is 20.7 Å². The molecule has 1 heterocycles. The van der Waals surface area contributed by atoms with Gasteiger partial charge in [0.15, 0.2) is 29.7 Å². The number of hydrogen-bond donors (Lipinski definition) is 2. The molecule has 7 aromatic carbocycles. The first-order chi connectivity index (χ1) is 70.6. The third kappa shape index (κ3) is 58.7. The smallest absolute Gasteiger partial charge is 0.494 e. The fourth-order valence-corrected chi connectivity index (χ4v) is 19.2. The van der Waals surface area contributed by atoms with Crippen LogP contribution in [0.3, 0.4) is 0 Å². The Balaban J connectivity index is 0.000000599. The van der Waals surface area contributed by atoms with E-state index in [-0.39, 0.29) is 141 Å². The average Bonchev–Trinajstić information content (AvgIpc) is 1.62. The zero-order chi connectivity index (χ0) is 112. The summed E-state index contributed by atoms with van der Waals surface area (Å²) in [5.41, 5.74) is 5.17. The molecule has 0 unspecified atom stereocenters. The van der Waals surface area contributed by atoms with Crippen molar-refractivity contribution in [2.45, 2.75) is 149 Å². The highest BCUT2D eigenvalue weighted by Gasteiger charge is 2.52. The minimum Gasteiger partial charge on any atom is -0.508 e. The van der Waals surface area contributed by atoms with Crippen LogP contribution in [0.5, 0.6) is 17.2 Å².